The monoisotopic (exact) mass is 343 g/mol. The molecule has 3 heteroatoms. The van der Waals surface area contributed by atoms with Crippen molar-refractivity contribution in [3.63, 3.8) is 0 Å². The van der Waals surface area contributed by atoms with Gasteiger partial charge in [0.05, 0.1) is 24.6 Å². The fourth-order valence-corrected chi connectivity index (χ4v) is 4.31. The third-order valence-corrected chi connectivity index (χ3v) is 5.67. The quantitative estimate of drug-likeness (QED) is 0.672. The molecular weight excluding hydrogens is 322 g/mol. The molecule has 2 aliphatic rings. The maximum Gasteiger partial charge on any atom is 0.119 e. The van der Waals surface area contributed by atoms with Crippen LogP contribution < -0.4 is 4.74 Å². The zero-order valence-corrected chi connectivity index (χ0v) is 15.1. The summed E-state index contributed by atoms with van der Waals surface area (Å²) in [5, 5.41) is 0. The lowest BCUT2D eigenvalue weighted by Gasteiger charge is -2.29. The summed E-state index contributed by atoms with van der Waals surface area (Å²) in [5.74, 6) is 0.880. The zero-order chi connectivity index (χ0) is 17.7. The van der Waals surface area contributed by atoms with Gasteiger partial charge in [-0.1, -0.05) is 24.3 Å². The Kier molecular flexibility index (Phi) is 3.57. The van der Waals surface area contributed by atoms with Gasteiger partial charge >= 0.3 is 0 Å². The van der Waals surface area contributed by atoms with Crippen molar-refractivity contribution < 1.29 is 9.47 Å². The number of pyridine rings is 1. The van der Waals surface area contributed by atoms with Crippen molar-refractivity contribution in [2.75, 3.05) is 14.2 Å². The van der Waals surface area contributed by atoms with Gasteiger partial charge in [-0.25, -0.2) is 4.98 Å². The van der Waals surface area contributed by atoms with Crippen LogP contribution in [0.3, 0.4) is 0 Å². The molecule has 1 aromatic heterocycles. The first kappa shape index (κ1) is 15.6. The molecule has 0 bridgehead atoms. The Hall–Kier alpha value is -2.65. The van der Waals surface area contributed by atoms with Crippen LogP contribution in [0.15, 0.2) is 48.5 Å². The van der Waals surface area contributed by atoms with Gasteiger partial charge in [0, 0.05) is 30.2 Å². The number of benzene rings is 2. The standard InChI is InChI=1S/C23H21NO2/c1-25-17-9-10-19-16(11-17)13-21(26-2)20-12-15-8-7-14-5-3-4-6-18(14)22(15)24-23(19)20/h3-6,9-12,21H,7-8,13H2,1-2H3. The number of fused-ring (bicyclic) bond motifs is 6. The second-order valence-corrected chi connectivity index (χ2v) is 7.04. The number of rotatable bonds is 2. The molecule has 0 aliphatic heterocycles. The molecule has 5 rings (SSSR count). The third-order valence-electron chi connectivity index (χ3n) is 5.67. The summed E-state index contributed by atoms with van der Waals surface area (Å²) < 4.78 is 11.2. The Labute approximate surface area is 153 Å². The number of hydrogen-bond acceptors (Lipinski definition) is 3. The van der Waals surface area contributed by atoms with Gasteiger partial charge in [-0.15, -0.1) is 0 Å². The molecule has 0 spiro atoms. The summed E-state index contributed by atoms with van der Waals surface area (Å²) in [6, 6.07) is 17.2. The van der Waals surface area contributed by atoms with E-state index in [-0.39, 0.29) is 6.10 Å². The Morgan fingerprint density at radius 2 is 1.65 bits per heavy atom. The highest BCUT2D eigenvalue weighted by atomic mass is 16.5. The first-order valence-corrected chi connectivity index (χ1v) is 9.10. The van der Waals surface area contributed by atoms with Crippen LogP contribution in [0.25, 0.3) is 22.5 Å². The lowest BCUT2D eigenvalue weighted by Crippen LogP contribution is -2.17. The number of aryl methyl sites for hydroxylation is 2. The van der Waals surface area contributed by atoms with Crippen molar-refractivity contribution in [3.8, 4) is 28.3 Å². The van der Waals surface area contributed by atoms with Gasteiger partial charge in [0.15, 0.2) is 0 Å². The average Bonchev–Trinajstić information content (AvgIpc) is 2.71. The van der Waals surface area contributed by atoms with Crippen LogP contribution in [0.4, 0.5) is 0 Å². The van der Waals surface area contributed by atoms with Gasteiger partial charge in [0.25, 0.3) is 0 Å². The average molecular weight is 343 g/mol. The molecule has 26 heavy (non-hydrogen) atoms. The fourth-order valence-electron chi connectivity index (χ4n) is 4.31. The summed E-state index contributed by atoms with van der Waals surface area (Å²) in [6.07, 6.45) is 3.01. The molecule has 1 heterocycles. The van der Waals surface area contributed by atoms with Crippen LogP contribution >= 0.6 is 0 Å². The minimum Gasteiger partial charge on any atom is -0.497 e. The molecule has 1 unspecified atom stereocenters. The zero-order valence-electron chi connectivity index (χ0n) is 15.1. The van der Waals surface area contributed by atoms with Crippen LogP contribution in [0.5, 0.6) is 5.75 Å². The number of ether oxygens (including phenoxy) is 2. The molecule has 3 nitrogen and oxygen atoms in total. The van der Waals surface area contributed by atoms with Gasteiger partial charge < -0.3 is 9.47 Å². The van der Waals surface area contributed by atoms with Crippen LogP contribution in [-0.4, -0.2) is 19.2 Å². The van der Waals surface area contributed by atoms with Gasteiger partial charge in [-0.3, -0.25) is 0 Å². The van der Waals surface area contributed by atoms with E-state index in [1.165, 1.54) is 33.4 Å². The van der Waals surface area contributed by atoms with Crippen LogP contribution in [0, 0.1) is 0 Å². The highest BCUT2D eigenvalue weighted by Gasteiger charge is 2.29. The smallest absolute Gasteiger partial charge is 0.119 e. The molecule has 0 saturated carbocycles. The van der Waals surface area contributed by atoms with E-state index in [2.05, 4.69) is 42.5 Å². The van der Waals surface area contributed by atoms with E-state index in [4.69, 9.17) is 14.5 Å². The lowest BCUT2D eigenvalue weighted by atomic mass is 9.82. The van der Waals surface area contributed by atoms with E-state index in [0.717, 1.165) is 36.4 Å². The fraction of sp³-hybridized carbons (Fsp3) is 0.261. The van der Waals surface area contributed by atoms with E-state index >= 15 is 0 Å². The lowest BCUT2D eigenvalue weighted by molar-refractivity contribution is 0.102. The predicted molar refractivity (Wildman–Crippen MR) is 103 cm³/mol. The van der Waals surface area contributed by atoms with Gasteiger partial charge in [0.2, 0.25) is 0 Å². The molecule has 0 N–H and O–H groups in total. The maximum atomic E-state index is 5.83. The normalized spacial score (nSPS) is 16.9. The first-order valence-electron chi connectivity index (χ1n) is 9.10. The molecule has 0 amide bonds. The van der Waals surface area contributed by atoms with E-state index in [1.54, 1.807) is 14.2 Å². The largest absolute Gasteiger partial charge is 0.497 e. The summed E-state index contributed by atoms with van der Waals surface area (Å²) in [4.78, 5) is 5.17. The summed E-state index contributed by atoms with van der Waals surface area (Å²) in [7, 11) is 3.49. The SMILES string of the molecule is COc1ccc2c(c1)CC(OC)c1cc3c(nc1-2)-c1ccccc1CC3. The Morgan fingerprint density at radius 3 is 2.50 bits per heavy atom. The Morgan fingerprint density at radius 1 is 0.846 bits per heavy atom. The van der Waals surface area contributed by atoms with E-state index < -0.39 is 0 Å². The molecule has 0 saturated heterocycles. The highest BCUT2D eigenvalue weighted by molar-refractivity contribution is 5.78. The van der Waals surface area contributed by atoms with Gasteiger partial charge in [-0.05, 0) is 53.8 Å². The summed E-state index contributed by atoms with van der Waals surface area (Å²) >= 11 is 0. The van der Waals surface area contributed by atoms with Crippen molar-refractivity contribution in [2.45, 2.75) is 25.4 Å². The first-order chi connectivity index (χ1) is 12.8. The minimum atomic E-state index is 0.0413. The molecule has 0 radical (unpaired) electrons. The van der Waals surface area contributed by atoms with Crippen molar-refractivity contribution >= 4 is 0 Å². The second-order valence-electron chi connectivity index (χ2n) is 7.04. The Bertz CT molecular complexity index is 1010. The van der Waals surface area contributed by atoms with Crippen LogP contribution in [0.2, 0.25) is 0 Å². The minimum absolute atomic E-state index is 0.0413. The van der Waals surface area contributed by atoms with Crippen molar-refractivity contribution in [1.29, 1.82) is 0 Å². The molecular formula is C23H21NO2. The molecule has 2 aliphatic carbocycles. The molecule has 0 fully saturated rings. The maximum absolute atomic E-state index is 5.83. The highest BCUT2D eigenvalue weighted by Crippen LogP contribution is 2.43. The van der Waals surface area contributed by atoms with E-state index in [1.807, 2.05) is 6.07 Å². The van der Waals surface area contributed by atoms with Crippen molar-refractivity contribution in [3.05, 3.63) is 70.8 Å². The number of nitrogens with zero attached hydrogens (tertiary/aromatic N) is 1. The van der Waals surface area contributed by atoms with Crippen molar-refractivity contribution in [1.82, 2.24) is 4.98 Å². The topological polar surface area (TPSA) is 31.4 Å². The Balaban J connectivity index is 1.75. The third kappa shape index (κ3) is 2.27. The summed E-state index contributed by atoms with van der Waals surface area (Å²) in [6.45, 7) is 0. The molecule has 1 atom stereocenters. The second kappa shape index (κ2) is 5.96. The number of hydrogen-bond donors (Lipinski definition) is 0. The van der Waals surface area contributed by atoms with Crippen molar-refractivity contribution in [2.24, 2.45) is 0 Å². The van der Waals surface area contributed by atoms with E-state index in [0.29, 0.717) is 0 Å². The van der Waals surface area contributed by atoms with Crippen LogP contribution in [-0.2, 0) is 24.0 Å². The van der Waals surface area contributed by atoms with Gasteiger partial charge in [0.1, 0.15) is 5.75 Å². The predicted octanol–water partition coefficient (Wildman–Crippen LogP) is 4.77. The van der Waals surface area contributed by atoms with Crippen LogP contribution in [0.1, 0.15) is 28.4 Å². The number of aromatic nitrogens is 1. The number of methoxy groups -OCH3 is 2. The summed E-state index contributed by atoms with van der Waals surface area (Å²) in [5.41, 5.74) is 9.82. The molecule has 3 aromatic rings. The molecule has 130 valence electrons. The molecule has 2 aromatic carbocycles. The van der Waals surface area contributed by atoms with E-state index in [9.17, 15) is 0 Å². The van der Waals surface area contributed by atoms with Gasteiger partial charge in [-0.2, -0.15) is 0 Å².